The van der Waals surface area contributed by atoms with Crippen molar-refractivity contribution in [3.05, 3.63) is 35.9 Å². The predicted octanol–water partition coefficient (Wildman–Crippen LogP) is 2.23. The normalized spacial score (nSPS) is 22.9. The van der Waals surface area contributed by atoms with E-state index in [1.807, 2.05) is 13.0 Å². The summed E-state index contributed by atoms with van der Waals surface area (Å²) in [5.41, 5.74) is 0.523. The van der Waals surface area contributed by atoms with Crippen molar-refractivity contribution in [1.29, 1.82) is 0 Å². The fourth-order valence-corrected chi connectivity index (χ4v) is 2.25. The van der Waals surface area contributed by atoms with E-state index in [9.17, 15) is 9.59 Å². The lowest BCUT2D eigenvalue weighted by atomic mass is 9.96. The van der Waals surface area contributed by atoms with Crippen LogP contribution in [0.3, 0.4) is 0 Å². The van der Waals surface area contributed by atoms with Crippen LogP contribution >= 0.6 is 0 Å². The molecule has 1 aromatic carbocycles. The van der Waals surface area contributed by atoms with Gasteiger partial charge in [0.05, 0.1) is 5.56 Å². The van der Waals surface area contributed by atoms with E-state index < -0.39 is 6.09 Å². The number of amides is 1. The molecule has 0 spiro atoms. The summed E-state index contributed by atoms with van der Waals surface area (Å²) in [6, 6.07) is 8.82. The first-order chi connectivity index (χ1) is 9.08. The van der Waals surface area contributed by atoms with Crippen molar-refractivity contribution < 1.29 is 19.4 Å². The number of hydrogen-bond donors (Lipinski definition) is 1. The third-order valence-electron chi connectivity index (χ3n) is 3.37. The monoisotopic (exact) mass is 263 g/mol. The van der Waals surface area contributed by atoms with Gasteiger partial charge in [0.1, 0.15) is 6.10 Å². The second kappa shape index (κ2) is 5.73. The highest BCUT2D eigenvalue weighted by Gasteiger charge is 2.31. The Morgan fingerprint density at radius 3 is 2.58 bits per heavy atom. The van der Waals surface area contributed by atoms with Crippen LogP contribution in [-0.2, 0) is 4.74 Å². The van der Waals surface area contributed by atoms with E-state index in [-0.39, 0.29) is 18.0 Å². The standard InChI is InChI=1S/C14H17NO4/c1-10-9-15(14(17)18)8-7-12(10)19-13(16)11-5-3-2-4-6-11/h2-6,10,12H,7-9H2,1H3,(H,17,18)/t10-,12+/m0/s1. The highest BCUT2D eigenvalue weighted by molar-refractivity contribution is 5.89. The maximum atomic E-state index is 11.9. The van der Waals surface area contributed by atoms with E-state index >= 15 is 0 Å². The molecule has 0 saturated carbocycles. The summed E-state index contributed by atoms with van der Waals surface area (Å²) in [7, 11) is 0. The summed E-state index contributed by atoms with van der Waals surface area (Å²) >= 11 is 0. The molecule has 1 aromatic rings. The quantitative estimate of drug-likeness (QED) is 0.831. The van der Waals surface area contributed by atoms with Crippen LogP contribution in [-0.4, -0.2) is 41.3 Å². The number of rotatable bonds is 2. The number of piperidine rings is 1. The summed E-state index contributed by atoms with van der Waals surface area (Å²) < 4.78 is 5.46. The Morgan fingerprint density at radius 1 is 1.32 bits per heavy atom. The minimum Gasteiger partial charge on any atom is -0.465 e. The number of likely N-dealkylation sites (tertiary alicyclic amines) is 1. The van der Waals surface area contributed by atoms with Crippen molar-refractivity contribution in [1.82, 2.24) is 4.90 Å². The van der Waals surface area contributed by atoms with Gasteiger partial charge in [0, 0.05) is 25.4 Å². The molecule has 5 nitrogen and oxygen atoms in total. The number of carbonyl (C=O) groups is 2. The van der Waals surface area contributed by atoms with Gasteiger partial charge in [0.15, 0.2) is 0 Å². The highest BCUT2D eigenvalue weighted by Crippen LogP contribution is 2.21. The Hall–Kier alpha value is -2.04. The Kier molecular flexibility index (Phi) is 4.04. The molecule has 0 aromatic heterocycles. The summed E-state index contributed by atoms with van der Waals surface area (Å²) in [5, 5.41) is 8.92. The number of nitrogens with zero attached hydrogens (tertiary/aromatic N) is 1. The molecular formula is C14H17NO4. The zero-order chi connectivity index (χ0) is 13.8. The van der Waals surface area contributed by atoms with E-state index in [0.29, 0.717) is 25.1 Å². The van der Waals surface area contributed by atoms with Crippen LogP contribution in [0.1, 0.15) is 23.7 Å². The van der Waals surface area contributed by atoms with Crippen LogP contribution in [0, 0.1) is 5.92 Å². The zero-order valence-corrected chi connectivity index (χ0v) is 10.8. The maximum Gasteiger partial charge on any atom is 0.407 e. The Balaban J connectivity index is 1.94. The van der Waals surface area contributed by atoms with Gasteiger partial charge in [-0.2, -0.15) is 0 Å². The predicted molar refractivity (Wildman–Crippen MR) is 69.0 cm³/mol. The summed E-state index contributed by atoms with van der Waals surface area (Å²) in [6.07, 6.45) is -0.588. The van der Waals surface area contributed by atoms with Crippen LogP contribution < -0.4 is 0 Å². The van der Waals surface area contributed by atoms with Crippen molar-refractivity contribution in [3.8, 4) is 0 Å². The second-order valence-electron chi connectivity index (χ2n) is 4.80. The van der Waals surface area contributed by atoms with Gasteiger partial charge in [-0.25, -0.2) is 9.59 Å². The molecule has 2 atom stereocenters. The van der Waals surface area contributed by atoms with Crippen LogP contribution in [0.25, 0.3) is 0 Å². The molecule has 1 fully saturated rings. The Labute approximate surface area is 111 Å². The van der Waals surface area contributed by atoms with Gasteiger partial charge in [-0.05, 0) is 12.1 Å². The largest absolute Gasteiger partial charge is 0.465 e. The summed E-state index contributed by atoms with van der Waals surface area (Å²) in [4.78, 5) is 24.1. The van der Waals surface area contributed by atoms with Crippen LogP contribution in [0.5, 0.6) is 0 Å². The number of ether oxygens (including phenoxy) is 1. The minimum atomic E-state index is -0.917. The third kappa shape index (κ3) is 3.24. The smallest absolute Gasteiger partial charge is 0.407 e. The second-order valence-corrected chi connectivity index (χ2v) is 4.80. The van der Waals surface area contributed by atoms with Crippen LogP contribution in [0.2, 0.25) is 0 Å². The van der Waals surface area contributed by atoms with Crippen LogP contribution in [0.4, 0.5) is 4.79 Å². The summed E-state index contributed by atoms with van der Waals surface area (Å²) in [6.45, 7) is 2.71. The first-order valence-electron chi connectivity index (χ1n) is 6.32. The van der Waals surface area contributed by atoms with Crippen molar-refractivity contribution in [3.63, 3.8) is 0 Å². The lowest BCUT2D eigenvalue weighted by molar-refractivity contribution is -0.00759. The number of hydrogen-bond acceptors (Lipinski definition) is 3. The zero-order valence-electron chi connectivity index (χ0n) is 10.8. The number of esters is 1. The van der Waals surface area contributed by atoms with E-state index in [1.165, 1.54) is 4.90 Å². The van der Waals surface area contributed by atoms with Crippen molar-refractivity contribution in [2.24, 2.45) is 5.92 Å². The van der Waals surface area contributed by atoms with Crippen molar-refractivity contribution in [2.75, 3.05) is 13.1 Å². The fourth-order valence-electron chi connectivity index (χ4n) is 2.25. The topological polar surface area (TPSA) is 66.8 Å². The highest BCUT2D eigenvalue weighted by atomic mass is 16.5. The lowest BCUT2D eigenvalue weighted by Crippen LogP contribution is -2.45. The van der Waals surface area contributed by atoms with Gasteiger partial charge in [-0.1, -0.05) is 25.1 Å². The first kappa shape index (κ1) is 13.4. The van der Waals surface area contributed by atoms with Gasteiger partial charge in [-0.15, -0.1) is 0 Å². The molecule has 1 aliphatic heterocycles. The van der Waals surface area contributed by atoms with E-state index in [1.54, 1.807) is 24.3 Å². The number of carboxylic acid groups (broad SMARTS) is 1. The van der Waals surface area contributed by atoms with Gasteiger partial charge in [0.25, 0.3) is 0 Å². The molecule has 0 bridgehead atoms. The molecule has 0 unspecified atom stereocenters. The molecule has 102 valence electrons. The molecule has 19 heavy (non-hydrogen) atoms. The molecule has 1 N–H and O–H groups in total. The van der Waals surface area contributed by atoms with Crippen molar-refractivity contribution >= 4 is 12.1 Å². The molecule has 5 heteroatoms. The van der Waals surface area contributed by atoms with Gasteiger partial charge in [-0.3, -0.25) is 0 Å². The molecule has 1 heterocycles. The van der Waals surface area contributed by atoms with E-state index in [0.717, 1.165) is 0 Å². The summed E-state index contributed by atoms with van der Waals surface area (Å²) in [5.74, 6) is -0.335. The lowest BCUT2D eigenvalue weighted by Gasteiger charge is -2.34. The fraction of sp³-hybridized carbons (Fsp3) is 0.429. The molecule has 2 rings (SSSR count). The average Bonchev–Trinajstić information content (AvgIpc) is 2.41. The minimum absolute atomic E-state index is 0.0116. The molecule has 1 saturated heterocycles. The molecule has 0 radical (unpaired) electrons. The Bertz CT molecular complexity index is 460. The maximum absolute atomic E-state index is 11.9. The van der Waals surface area contributed by atoms with E-state index in [4.69, 9.17) is 9.84 Å². The molecular weight excluding hydrogens is 246 g/mol. The first-order valence-corrected chi connectivity index (χ1v) is 6.32. The van der Waals surface area contributed by atoms with Gasteiger partial charge >= 0.3 is 12.1 Å². The number of benzene rings is 1. The Morgan fingerprint density at radius 2 is 2.00 bits per heavy atom. The van der Waals surface area contributed by atoms with E-state index in [2.05, 4.69) is 0 Å². The van der Waals surface area contributed by atoms with Crippen LogP contribution in [0.15, 0.2) is 30.3 Å². The number of carbonyl (C=O) groups excluding carboxylic acids is 1. The van der Waals surface area contributed by atoms with Crippen molar-refractivity contribution in [2.45, 2.75) is 19.4 Å². The average molecular weight is 263 g/mol. The third-order valence-corrected chi connectivity index (χ3v) is 3.37. The molecule has 0 aliphatic carbocycles. The SMILES string of the molecule is C[C@H]1CN(C(=O)O)CC[C@H]1OC(=O)c1ccccc1. The van der Waals surface area contributed by atoms with Gasteiger partial charge in [0.2, 0.25) is 0 Å². The molecule has 1 amide bonds. The van der Waals surface area contributed by atoms with Gasteiger partial charge < -0.3 is 14.7 Å². The molecule has 1 aliphatic rings.